The van der Waals surface area contributed by atoms with Crippen molar-refractivity contribution in [3.8, 4) is 0 Å². The fourth-order valence-electron chi connectivity index (χ4n) is 3.76. The number of likely N-dealkylation sites (tertiary alicyclic amines) is 1. The third-order valence-electron chi connectivity index (χ3n) is 5.66. The van der Waals surface area contributed by atoms with Gasteiger partial charge in [0.05, 0.1) is 41.9 Å². The van der Waals surface area contributed by atoms with E-state index in [0.717, 1.165) is 11.4 Å². The summed E-state index contributed by atoms with van der Waals surface area (Å²) in [7, 11) is 1.83. The van der Waals surface area contributed by atoms with Crippen molar-refractivity contribution in [2.24, 2.45) is 7.05 Å². The maximum Gasteiger partial charge on any atom is 0.238 e. The number of carbonyl (C=O) groups is 1. The molecule has 2 aliphatic heterocycles. The number of hydrogen-bond acceptors (Lipinski definition) is 6. The van der Waals surface area contributed by atoms with Gasteiger partial charge in [0.25, 0.3) is 0 Å². The fraction of sp³-hybridized carbons (Fsp3) is 0.765. The van der Waals surface area contributed by atoms with E-state index >= 15 is 0 Å². The highest BCUT2D eigenvalue weighted by atomic mass is 16.5. The summed E-state index contributed by atoms with van der Waals surface area (Å²) in [4.78, 5) is 14.3. The smallest absolute Gasteiger partial charge is 0.238 e. The van der Waals surface area contributed by atoms with Crippen molar-refractivity contribution in [3.05, 3.63) is 11.9 Å². The number of aliphatic hydroxyl groups excluding tert-OH is 1. The first kappa shape index (κ1) is 18.3. The molecule has 0 bridgehead atoms. The Bertz CT molecular complexity index is 635. The van der Waals surface area contributed by atoms with E-state index in [4.69, 9.17) is 4.74 Å². The molecule has 0 aromatic carbocycles. The second-order valence-corrected chi connectivity index (χ2v) is 7.51. The maximum atomic E-state index is 12.3. The summed E-state index contributed by atoms with van der Waals surface area (Å²) in [6, 6.07) is 0. The van der Waals surface area contributed by atoms with Gasteiger partial charge in [-0.2, -0.15) is 5.10 Å². The average molecular weight is 352 g/mol. The lowest BCUT2D eigenvalue weighted by atomic mass is 9.75. The Kier molecular flexibility index (Phi) is 4.89. The predicted molar refractivity (Wildman–Crippen MR) is 92.2 cm³/mol. The van der Waals surface area contributed by atoms with Crippen LogP contribution in [0, 0.1) is 6.92 Å². The minimum absolute atomic E-state index is 0.0795. The highest BCUT2D eigenvalue weighted by molar-refractivity contribution is 5.92. The first-order valence-electron chi connectivity index (χ1n) is 8.79. The molecule has 3 rings (SSSR count). The van der Waals surface area contributed by atoms with Gasteiger partial charge in [0, 0.05) is 26.6 Å². The molecule has 2 fully saturated rings. The largest absolute Gasteiger partial charge is 0.387 e. The molecule has 3 heterocycles. The third kappa shape index (κ3) is 3.57. The number of hydrogen-bond donors (Lipinski definition) is 3. The normalized spacial score (nSPS) is 29.7. The molecule has 2 saturated heterocycles. The number of amides is 1. The van der Waals surface area contributed by atoms with E-state index < -0.39 is 17.3 Å². The lowest BCUT2D eigenvalue weighted by Crippen LogP contribution is -2.64. The van der Waals surface area contributed by atoms with Crippen LogP contribution in [0.5, 0.6) is 0 Å². The predicted octanol–water partition coefficient (Wildman–Crippen LogP) is 0.0338. The van der Waals surface area contributed by atoms with Gasteiger partial charge in [-0.15, -0.1) is 0 Å². The lowest BCUT2D eigenvalue weighted by molar-refractivity contribution is -0.246. The Balaban J connectivity index is 1.54. The van der Waals surface area contributed by atoms with Gasteiger partial charge in [-0.05, 0) is 26.7 Å². The Morgan fingerprint density at radius 1 is 1.44 bits per heavy atom. The Morgan fingerprint density at radius 3 is 2.72 bits per heavy atom. The molecule has 1 amide bonds. The van der Waals surface area contributed by atoms with Crippen LogP contribution in [-0.4, -0.2) is 74.3 Å². The van der Waals surface area contributed by atoms with Crippen LogP contribution >= 0.6 is 0 Å². The summed E-state index contributed by atoms with van der Waals surface area (Å²) in [6.45, 7) is 5.60. The zero-order valence-electron chi connectivity index (χ0n) is 15.2. The van der Waals surface area contributed by atoms with Crippen molar-refractivity contribution in [1.82, 2.24) is 14.7 Å². The quantitative estimate of drug-likeness (QED) is 0.710. The zero-order chi connectivity index (χ0) is 18.2. The standard InChI is InChI=1S/C17H28N4O4/c1-12-13(10-18-20(12)3)19-14(22)11-21-7-4-17(5-8-21)15(23)16(2,24)6-9-25-17/h10,15,23-24H,4-9,11H2,1-3H3,(H,19,22)/t15-,16+/m0/s1. The van der Waals surface area contributed by atoms with E-state index in [1.165, 1.54) is 0 Å². The van der Waals surface area contributed by atoms with Crippen LogP contribution in [0.15, 0.2) is 6.20 Å². The minimum atomic E-state index is -1.12. The first-order valence-corrected chi connectivity index (χ1v) is 8.79. The van der Waals surface area contributed by atoms with Crippen LogP contribution in [0.2, 0.25) is 0 Å². The van der Waals surface area contributed by atoms with Gasteiger partial charge >= 0.3 is 0 Å². The summed E-state index contributed by atoms with van der Waals surface area (Å²) in [5.74, 6) is -0.0795. The highest BCUT2D eigenvalue weighted by Crippen LogP contribution is 2.39. The molecule has 0 radical (unpaired) electrons. The van der Waals surface area contributed by atoms with Crippen LogP contribution in [-0.2, 0) is 16.6 Å². The number of anilines is 1. The molecule has 3 N–H and O–H groups in total. The van der Waals surface area contributed by atoms with Crippen LogP contribution in [0.3, 0.4) is 0 Å². The van der Waals surface area contributed by atoms with Crippen molar-refractivity contribution in [3.63, 3.8) is 0 Å². The minimum Gasteiger partial charge on any atom is -0.387 e. The molecule has 0 unspecified atom stereocenters. The SMILES string of the molecule is Cc1c(NC(=O)CN2CCC3(CC2)OCC[C@@](C)(O)[C@@H]3O)cnn1C. The second kappa shape index (κ2) is 6.68. The first-order chi connectivity index (χ1) is 11.7. The van der Waals surface area contributed by atoms with Gasteiger partial charge < -0.3 is 20.3 Å². The van der Waals surface area contributed by atoms with Crippen LogP contribution in [0.25, 0.3) is 0 Å². The molecular formula is C17H28N4O4. The highest BCUT2D eigenvalue weighted by Gasteiger charge is 2.52. The van der Waals surface area contributed by atoms with Crippen LogP contribution < -0.4 is 5.32 Å². The van der Waals surface area contributed by atoms with E-state index in [9.17, 15) is 15.0 Å². The molecule has 140 valence electrons. The average Bonchev–Trinajstić information content (AvgIpc) is 2.87. The molecular weight excluding hydrogens is 324 g/mol. The van der Waals surface area contributed by atoms with E-state index in [1.807, 2.05) is 18.9 Å². The number of piperidine rings is 1. The number of ether oxygens (including phenoxy) is 1. The van der Waals surface area contributed by atoms with Gasteiger partial charge in [0.2, 0.25) is 5.91 Å². The molecule has 8 heteroatoms. The summed E-state index contributed by atoms with van der Waals surface area (Å²) >= 11 is 0. The van der Waals surface area contributed by atoms with Gasteiger partial charge in [0.1, 0.15) is 6.10 Å². The van der Waals surface area contributed by atoms with Crippen LogP contribution in [0.1, 0.15) is 31.9 Å². The van der Waals surface area contributed by atoms with Gasteiger partial charge in [-0.1, -0.05) is 0 Å². The molecule has 2 aliphatic rings. The molecule has 8 nitrogen and oxygen atoms in total. The fourth-order valence-corrected chi connectivity index (χ4v) is 3.76. The van der Waals surface area contributed by atoms with Crippen molar-refractivity contribution >= 4 is 11.6 Å². The van der Waals surface area contributed by atoms with Crippen molar-refractivity contribution in [2.45, 2.75) is 50.4 Å². The number of nitrogens with zero attached hydrogens (tertiary/aromatic N) is 3. The number of rotatable bonds is 3. The van der Waals surface area contributed by atoms with Crippen molar-refractivity contribution < 1.29 is 19.7 Å². The topological polar surface area (TPSA) is 99.9 Å². The molecule has 25 heavy (non-hydrogen) atoms. The molecule has 2 atom stereocenters. The summed E-state index contributed by atoms with van der Waals surface area (Å²) in [5, 5.41) is 27.9. The van der Waals surface area contributed by atoms with Crippen LogP contribution in [0.4, 0.5) is 5.69 Å². The Morgan fingerprint density at radius 2 is 2.12 bits per heavy atom. The van der Waals surface area contributed by atoms with E-state index in [1.54, 1.807) is 17.8 Å². The molecule has 1 spiro atoms. The van der Waals surface area contributed by atoms with E-state index in [-0.39, 0.29) is 12.5 Å². The van der Waals surface area contributed by atoms with Gasteiger partial charge in [0.15, 0.2) is 0 Å². The molecule has 1 aromatic rings. The Labute approximate surface area is 147 Å². The number of aliphatic hydroxyl groups is 2. The molecule has 0 aliphatic carbocycles. The summed E-state index contributed by atoms with van der Waals surface area (Å²) < 4.78 is 7.59. The number of carbonyl (C=O) groups excluding carboxylic acids is 1. The molecule has 1 aromatic heterocycles. The number of nitrogens with one attached hydrogen (secondary N) is 1. The van der Waals surface area contributed by atoms with Crippen molar-refractivity contribution in [1.29, 1.82) is 0 Å². The van der Waals surface area contributed by atoms with Crippen molar-refractivity contribution in [2.75, 3.05) is 31.6 Å². The Hall–Kier alpha value is -1.48. The summed E-state index contributed by atoms with van der Waals surface area (Å²) in [6.07, 6.45) is 2.38. The second-order valence-electron chi connectivity index (χ2n) is 7.51. The maximum absolute atomic E-state index is 12.3. The van der Waals surface area contributed by atoms with Gasteiger partial charge in [-0.3, -0.25) is 14.4 Å². The van der Waals surface area contributed by atoms with Gasteiger partial charge in [-0.25, -0.2) is 0 Å². The zero-order valence-corrected chi connectivity index (χ0v) is 15.2. The monoisotopic (exact) mass is 352 g/mol. The number of aryl methyl sites for hydroxylation is 1. The third-order valence-corrected chi connectivity index (χ3v) is 5.66. The lowest BCUT2D eigenvalue weighted by Gasteiger charge is -2.51. The number of aromatic nitrogens is 2. The summed E-state index contributed by atoms with van der Waals surface area (Å²) in [5.41, 5.74) is -0.181. The van der Waals surface area contributed by atoms with E-state index in [2.05, 4.69) is 10.4 Å². The van der Waals surface area contributed by atoms with E-state index in [0.29, 0.717) is 39.0 Å². The molecule has 0 saturated carbocycles.